The second-order valence-electron chi connectivity index (χ2n) is 4.79. The lowest BCUT2D eigenvalue weighted by molar-refractivity contribution is 0.627. The van der Waals surface area contributed by atoms with Gasteiger partial charge in [-0.3, -0.25) is 0 Å². The minimum Gasteiger partial charge on any atom is -0.370 e. The lowest BCUT2D eigenvalue weighted by atomic mass is 10.2. The van der Waals surface area contributed by atoms with Gasteiger partial charge in [0.05, 0.1) is 0 Å². The number of hydrogen-bond donors (Lipinski definition) is 1. The molecule has 0 saturated heterocycles. The van der Waals surface area contributed by atoms with E-state index < -0.39 is 0 Å². The van der Waals surface area contributed by atoms with Crippen LogP contribution in [0.3, 0.4) is 0 Å². The summed E-state index contributed by atoms with van der Waals surface area (Å²) in [7, 11) is 1.98. The van der Waals surface area contributed by atoms with Crippen LogP contribution in [-0.4, -0.2) is 18.6 Å². The molecule has 4 heteroatoms. The molecule has 0 unspecified atom stereocenters. The summed E-state index contributed by atoms with van der Waals surface area (Å²) in [6.07, 6.45) is 1.07. The van der Waals surface area contributed by atoms with Gasteiger partial charge in [-0.05, 0) is 36.2 Å². The first-order valence-corrected chi connectivity index (χ1v) is 6.85. The minimum atomic E-state index is -0.208. The highest BCUT2D eigenvalue weighted by atomic mass is 19.1. The van der Waals surface area contributed by atoms with Crippen LogP contribution in [-0.2, 0) is 6.54 Å². The van der Waals surface area contributed by atoms with Gasteiger partial charge < -0.3 is 10.2 Å². The molecular weight excluding hydrogens is 253 g/mol. The van der Waals surface area contributed by atoms with Crippen LogP contribution in [0, 0.1) is 5.82 Å². The molecule has 0 aliphatic heterocycles. The van der Waals surface area contributed by atoms with Gasteiger partial charge in [-0.15, -0.1) is 0 Å². The van der Waals surface area contributed by atoms with Crippen molar-refractivity contribution in [1.29, 1.82) is 0 Å². The van der Waals surface area contributed by atoms with E-state index in [9.17, 15) is 4.39 Å². The summed E-state index contributed by atoms with van der Waals surface area (Å²) in [6, 6.07) is 12.5. The Morgan fingerprint density at radius 3 is 2.60 bits per heavy atom. The zero-order valence-electron chi connectivity index (χ0n) is 11.9. The van der Waals surface area contributed by atoms with E-state index in [0.717, 1.165) is 30.2 Å². The molecule has 0 spiro atoms. The van der Waals surface area contributed by atoms with Crippen LogP contribution in [0.1, 0.15) is 18.9 Å². The van der Waals surface area contributed by atoms with Crippen molar-refractivity contribution in [1.82, 2.24) is 4.98 Å². The van der Waals surface area contributed by atoms with Crippen molar-refractivity contribution in [2.24, 2.45) is 0 Å². The predicted molar refractivity (Wildman–Crippen MR) is 81.5 cm³/mol. The van der Waals surface area contributed by atoms with Crippen molar-refractivity contribution in [3.05, 3.63) is 53.8 Å². The van der Waals surface area contributed by atoms with Crippen molar-refractivity contribution in [3.63, 3.8) is 0 Å². The number of halogens is 1. The van der Waals surface area contributed by atoms with Gasteiger partial charge in [0.25, 0.3) is 0 Å². The van der Waals surface area contributed by atoms with E-state index in [2.05, 4.69) is 17.2 Å². The third-order valence-electron chi connectivity index (χ3n) is 3.01. The molecular formula is C16H20FN3. The van der Waals surface area contributed by atoms with Gasteiger partial charge >= 0.3 is 0 Å². The van der Waals surface area contributed by atoms with Crippen molar-refractivity contribution in [2.45, 2.75) is 19.9 Å². The highest BCUT2D eigenvalue weighted by Crippen LogP contribution is 2.15. The first kappa shape index (κ1) is 14.3. The molecule has 0 atom stereocenters. The van der Waals surface area contributed by atoms with E-state index in [1.165, 1.54) is 12.1 Å². The molecule has 0 saturated carbocycles. The molecule has 1 heterocycles. The molecule has 0 aliphatic rings. The first-order valence-electron chi connectivity index (χ1n) is 6.85. The van der Waals surface area contributed by atoms with Crippen molar-refractivity contribution in [2.75, 3.05) is 23.8 Å². The van der Waals surface area contributed by atoms with Gasteiger partial charge in [0, 0.05) is 20.1 Å². The molecule has 0 amide bonds. The fourth-order valence-corrected chi connectivity index (χ4v) is 1.93. The number of pyridine rings is 1. The van der Waals surface area contributed by atoms with E-state index in [4.69, 9.17) is 0 Å². The number of nitrogens with one attached hydrogen (secondary N) is 1. The molecule has 1 aromatic heterocycles. The van der Waals surface area contributed by atoms with Crippen LogP contribution < -0.4 is 10.2 Å². The molecule has 0 radical (unpaired) electrons. The number of aromatic nitrogens is 1. The second-order valence-corrected chi connectivity index (χ2v) is 4.79. The Balaban J connectivity index is 2.04. The number of benzene rings is 1. The first-order chi connectivity index (χ1) is 9.69. The summed E-state index contributed by atoms with van der Waals surface area (Å²) in [5.41, 5.74) is 1.06. The van der Waals surface area contributed by atoms with E-state index in [-0.39, 0.29) is 5.82 Å². The largest absolute Gasteiger partial charge is 0.370 e. The molecule has 1 aromatic carbocycles. The molecule has 106 valence electrons. The third kappa shape index (κ3) is 3.95. The van der Waals surface area contributed by atoms with E-state index in [1.54, 1.807) is 12.1 Å². The third-order valence-corrected chi connectivity index (χ3v) is 3.01. The molecule has 1 N–H and O–H groups in total. The SMILES string of the molecule is CCCNc1cccc(N(C)Cc2ccc(F)cc2)n1. The van der Waals surface area contributed by atoms with Gasteiger partial charge in [-0.2, -0.15) is 0 Å². The molecule has 0 fully saturated rings. The summed E-state index contributed by atoms with van der Waals surface area (Å²) in [6.45, 7) is 3.74. The lowest BCUT2D eigenvalue weighted by Gasteiger charge is -2.19. The Morgan fingerprint density at radius 1 is 1.15 bits per heavy atom. The molecule has 3 nitrogen and oxygen atoms in total. The Morgan fingerprint density at radius 2 is 1.90 bits per heavy atom. The maximum Gasteiger partial charge on any atom is 0.130 e. The van der Waals surface area contributed by atoms with Gasteiger partial charge in [0.1, 0.15) is 17.5 Å². The molecule has 2 aromatic rings. The molecule has 0 aliphatic carbocycles. The van der Waals surface area contributed by atoms with E-state index in [1.807, 2.05) is 30.1 Å². The van der Waals surface area contributed by atoms with Crippen LogP contribution in [0.5, 0.6) is 0 Å². The average molecular weight is 273 g/mol. The fraction of sp³-hybridized carbons (Fsp3) is 0.312. The normalized spacial score (nSPS) is 10.3. The Kier molecular flexibility index (Phi) is 4.93. The Labute approximate surface area is 119 Å². The van der Waals surface area contributed by atoms with Crippen molar-refractivity contribution in [3.8, 4) is 0 Å². The zero-order chi connectivity index (χ0) is 14.4. The fourth-order valence-electron chi connectivity index (χ4n) is 1.93. The topological polar surface area (TPSA) is 28.2 Å². The molecule has 2 rings (SSSR count). The smallest absolute Gasteiger partial charge is 0.130 e. The number of hydrogen-bond acceptors (Lipinski definition) is 3. The van der Waals surface area contributed by atoms with E-state index >= 15 is 0 Å². The quantitative estimate of drug-likeness (QED) is 0.870. The van der Waals surface area contributed by atoms with Gasteiger partial charge in [-0.1, -0.05) is 25.1 Å². The highest BCUT2D eigenvalue weighted by Gasteiger charge is 2.04. The van der Waals surface area contributed by atoms with Crippen LogP contribution in [0.2, 0.25) is 0 Å². The minimum absolute atomic E-state index is 0.208. The predicted octanol–water partition coefficient (Wildman–Crippen LogP) is 3.68. The van der Waals surface area contributed by atoms with E-state index in [0.29, 0.717) is 6.54 Å². The molecule has 20 heavy (non-hydrogen) atoms. The average Bonchev–Trinajstić information content (AvgIpc) is 2.48. The maximum atomic E-state index is 12.9. The van der Waals surface area contributed by atoms with Crippen molar-refractivity contribution < 1.29 is 4.39 Å². The second kappa shape index (κ2) is 6.89. The lowest BCUT2D eigenvalue weighted by Crippen LogP contribution is -2.18. The molecule has 0 bridgehead atoms. The van der Waals surface area contributed by atoms with Crippen molar-refractivity contribution >= 4 is 11.6 Å². The van der Waals surface area contributed by atoms with Crippen LogP contribution >= 0.6 is 0 Å². The zero-order valence-corrected chi connectivity index (χ0v) is 11.9. The number of rotatable bonds is 6. The Hall–Kier alpha value is -2.10. The summed E-state index contributed by atoms with van der Waals surface area (Å²) in [5, 5.41) is 3.27. The number of anilines is 2. The maximum absolute atomic E-state index is 12.9. The summed E-state index contributed by atoms with van der Waals surface area (Å²) < 4.78 is 12.9. The van der Waals surface area contributed by atoms with Gasteiger partial charge in [0.15, 0.2) is 0 Å². The highest BCUT2D eigenvalue weighted by molar-refractivity contribution is 5.47. The monoisotopic (exact) mass is 273 g/mol. The standard InChI is InChI=1S/C16H20FN3/c1-3-11-18-15-5-4-6-16(19-15)20(2)12-13-7-9-14(17)10-8-13/h4-10H,3,11-12H2,1-2H3,(H,18,19). The van der Waals surface area contributed by atoms with Crippen LogP contribution in [0.25, 0.3) is 0 Å². The summed E-state index contributed by atoms with van der Waals surface area (Å²) >= 11 is 0. The van der Waals surface area contributed by atoms with Crippen LogP contribution in [0.4, 0.5) is 16.0 Å². The summed E-state index contributed by atoms with van der Waals surface area (Å²) in [4.78, 5) is 6.61. The van der Waals surface area contributed by atoms with Gasteiger partial charge in [-0.25, -0.2) is 9.37 Å². The Bertz CT molecular complexity index is 540. The number of nitrogens with zero attached hydrogens (tertiary/aromatic N) is 2. The summed E-state index contributed by atoms with van der Waals surface area (Å²) in [5.74, 6) is 1.58. The van der Waals surface area contributed by atoms with Crippen LogP contribution in [0.15, 0.2) is 42.5 Å². The van der Waals surface area contributed by atoms with Gasteiger partial charge in [0.2, 0.25) is 0 Å².